The van der Waals surface area contributed by atoms with Crippen LogP contribution < -0.4 is 0 Å². The van der Waals surface area contributed by atoms with Gasteiger partial charge in [0, 0.05) is 0 Å². The van der Waals surface area contributed by atoms with Gasteiger partial charge < -0.3 is 0 Å². The Morgan fingerprint density at radius 3 is 2.09 bits per heavy atom. The van der Waals surface area contributed by atoms with Crippen molar-refractivity contribution in [2.45, 2.75) is 53.4 Å². The second kappa shape index (κ2) is 6.45. The molecule has 1 rings (SSSR count). The van der Waals surface area contributed by atoms with Gasteiger partial charge in [-0.25, -0.2) is 0 Å². The van der Waals surface area contributed by atoms with E-state index in [1.807, 2.05) is 0 Å². The van der Waals surface area contributed by atoms with Gasteiger partial charge in [-0.15, -0.1) is 0 Å². The molecule has 0 aromatic heterocycles. The van der Waals surface area contributed by atoms with E-state index in [2.05, 4.69) is 33.8 Å². The molecule has 0 atom stereocenters. The molecule has 0 saturated heterocycles. The molecule has 0 unspecified atom stereocenters. The second-order valence-electron chi connectivity index (χ2n) is 3.53. The van der Waals surface area contributed by atoms with Gasteiger partial charge in [0.25, 0.3) is 0 Å². The molecule has 0 aromatic rings. The highest BCUT2D eigenvalue weighted by Crippen LogP contribution is 2.23. The lowest BCUT2D eigenvalue weighted by atomic mass is 10.0. The average Bonchev–Trinajstić information content (AvgIpc) is 2.38. The summed E-state index contributed by atoms with van der Waals surface area (Å²) in [6.45, 7) is 8.80. The van der Waals surface area contributed by atoms with Gasteiger partial charge in [-0.05, 0) is 25.2 Å². The van der Waals surface area contributed by atoms with E-state index in [1.54, 1.807) is 5.57 Å². The molecule has 1 aliphatic carbocycles. The monoisotopic (exact) mass is 154 g/mol. The average molecular weight is 154 g/mol. The third-order valence-corrected chi connectivity index (χ3v) is 1.82. The third kappa shape index (κ3) is 5.06. The van der Waals surface area contributed by atoms with Crippen molar-refractivity contribution in [3.8, 4) is 0 Å². The summed E-state index contributed by atoms with van der Waals surface area (Å²) in [6, 6.07) is 0. The largest absolute Gasteiger partial charge is 0.0851 e. The van der Waals surface area contributed by atoms with Gasteiger partial charge in [0.2, 0.25) is 0 Å². The van der Waals surface area contributed by atoms with E-state index in [0.717, 1.165) is 5.92 Å². The quantitative estimate of drug-likeness (QED) is 0.497. The van der Waals surface area contributed by atoms with Crippen LogP contribution in [0.5, 0.6) is 0 Å². The molecule has 0 N–H and O–H groups in total. The fourth-order valence-electron chi connectivity index (χ4n) is 1.22. The Kier molecular flexibility index (Phi) is 6.30. The highest BCUT2D eigenvalue weighted by Gasteiger charge is 2.06. The van der Waals surface area contributed by atoms with Crippen LogP contribution in [0.15, 0.2) is 11.6 Å². The van der Waals surface area contributed by atoms with Gasteiger partial charge in [-0.3, -0.25) is 0 Å². The standard InChI is InChI=1S/C8H14.C3H8/c1-7(2)8-5-3-4-6-8;1-3-2/h5,7H,3-4,6H2,1-2H3;3H2,1-2H3. The third-order valence-electron chi connectivity index (χ3n) is 1.82. The zero-order chi connectivity index (χ0) is 8.69. The molecule has 0 nitrogen and oxygen atoms in total. The molecule has 0 bridgehead atoms. The fourth-order valence-corrected chi connectivity index (χ4v) is 1.22. The molecule has 0 aliphatic heterocycles. The zero-order valence-electron chi connectivity index (χ0n) is 8.48. The van der Waals surface area contributed by atoms with E-state index in [9.17, 15) is 0 Å². The van der Waals surface area contributed by atoms with Gasteiger partial charge in [0.05, 0.1) is 0 Å². The van der Waals surface area contributed by atoms with Gasteiger partial charge in [-0.2, -0.15) is 0 Å². The summed E-state index contributed by atoms with van der Waals surface area (Å²) in [5.41, 5.74) is 1.67. The summed E-state index contributed by atoms with van der Waals surface area (Å²) in [4.78, 5) is 0. The predicted octanol–water partition coefficient (Wildman–Crippen LogP) is 4.17. The molecular formula is C11H22. The highest BCUT2D eigenvalue weighted by molar-refractivity contribution is 5.09. The maximum absolute atomic E-state index is 2.39. The Labute approximate surface area is 71.7 Å². The van der Waals surface area contributed by atoms with E-state index >= 15 is 0 Å². The zero-order valence-corrected chi connectivity index (χ0v) is 8.48. The summed E-state index contributed by atoms with van der Waals surface area (Å²) in [6.07, 6.45) is 7.73. The van der Waals surface area contributed by atoms with Crippen LogP contribution >= 0.6 is 0 Å². The Hall–Kier alpha value is -0.260. The Morgan fingerprint density at radius 2 is 1.91 bits per heavy atom. The number of hydrogen-bond acceptors (Lipinski definition) is 0. The van der Waals surface area contributed by atoms with E-state index in [-0.39, 0.29) is 0 Å². The molecule has 0 spiro atoms. The van der Waals surface area contributed by atoms with Crippen molar-refractivity contribution < 1.29 is 0 Å². The van der Waals surface area contributed by atoms with Crippen molar-refractivity contribution in [2.75, 3.05) is 0 Å². The van der Waals surface area contributed by atoms with Crippen LogP contribution in [-0.4, -0.2) is 0 Å². The molecule has 0 heteroatoms. The van der Waals surface area contributed by atoms with Gasteiger partial charge in [0.1, 0.15) is 0 Å². The van der Waals surface area contributed by atoms with Crippen LogP contribution in [0, 0.1) is 5.92 Å². The molecule has 0 amide bonds. The fraction of sp³-hybridized carbons (Fsp3) is 0.818. The lowest BCUT2D eigenvalue weighted by molar-refractivity contribution is 0.726. The lowest BCUT2D eigenvalue weighted by Gasteiger charge is -2.02. The summed E-state index contributed by atoms with van der Waals surface area (Å²) in [5.74, 6) is 0.803. The first-order chi connectivity index (χ1) is 5.22. The number of allylic oxidation sites excluding steroid dienone is 2. The van der Waals surface area contributed by atoms with Gasteiger partial charge in [-0.1, -0.05) is 45.8 Å². The van der Waals surface area contributed by atoms with Gasteiger partial charge in [0.15, 0.2) is 0 Å². The van der Waals surface area contributed by atoms with Crippen molar-refractivity contribution in [2.24, 2.45) is 5.92 Å². The molecule has 0 saturated carbocycles. The van der Waals surface area contributed by atoms with Crippen LogP contribution in [0.4, 0.5) is 0 Å². The summed E-state index contributed by atoms with van der Waals surface area (Å²) >= 11 is 0. The van der Waals surface area contributed by atoms with E-state index < -0.39 is 0 Å². The molecule has 1 aliphatic rings. The normalized spacial score (nSPS) is 15.9. The second-order valence-corrected chi connectivity index (χ2v) is 3.53. The SMILES string of the molecule is CC(C)C1=CCCC1.CCC. The topological polar surface area (TPSA) is 0 Å². The Balaban J connectivity index is 0.000000292. The minimum Gasteiger partial charge on any atom is -0.0851 e. The summed E-state index contributed by atoms with van der Waals surface area (Å²) < 4.78 is 0. The minimum absolute atomic E-state index is 0.803. The van der Waals surface area contributed by atoms with E-state index in [4.69, 9.17) is 0 Å². The van der Waals surface area contributed by atoms with Crippen LogP contribution in [0.1, 0.15) is 53.4 Å². The molecule has 66 valence electrons. The van der Waals surface area contributed by atoms with Crippen molar-refractivity contribution in [3.63, 3.8) is 0 Å². The molecule has 0 heterocycles. The Bertz CT molecular complexity index is 109. The van der Waals surface area contributed by atoms with Crippen molar-refractivity contribution in [1.82, 2.24) is 0 Å². The Morgan fingerprint density at radius 1 is 1.36 bits per heavy atom. The van der Waals surface area contributed by atoms with Crippen LogP contribution in [0.25, 0.3) is 0 Å². The van der Waals surface area contributed by atoms with E-state index in [1.165, 1.54) is 25.7 Å². The maximum atomic E-state index is 2.39. The summed E-state index contributed by atoms with van der Waals surface area (Å²) in [7, 11) is 0. The number of hydrogen-bond donors (Lipinski definition) is 0. The molecular weight excluding hydrogens is 132 g/mol. The smallest absolute Gasteiger partial charge is 0.0260 e. The van der Waals surface area contributed by atoms with Crippen LogP contribution in [0.3, 0.4) is 0 Å². The first kappa shape index (κ1) is 10.7. The minimum atomic E-state index is 0.803. The first-order valence-electron chi connectivity index (χ1n) is 4.91. The lowest BCUT2D eigenvalue weighted by Crippen LogP contribution is -1.87. The maximum Gasteiger partial charge on any atom is -0.0260 e. The first-order valence-corrected chi connectivity index (χ1v) is 4.91. The van der Waals surface area contributed by atoms with Crippen LogP contribution in [-0.2, 0) is 0 Å². The molecule has 0 radical (unpaired) electrons. The molecule has 11 heavy (non-hydrogen) atoms. The van der Waals surface area contributed by atoms with Crippen molar-refractivity contribution >= 4 is 0 Å². The predicted molar refractivity (Wildman–Crippen MR) is 52.7 cm³/mol. The van der Waals surface area contributed by atoms with Crippen molar-refractivity contribution in [3.05, 3.63) is 11.6 Å². The highest BCUT2D eigenvalue weighted by atomic mass is 14.1. The van der Waals surface area contributed by atoms with Crippen LogP contribution in [0.2, 0.25) is 0 Å². The number of rotatable bonds is 1. The van der Waals surface area contributed by atoms with Gasteiger partial charge >= 0.3 is 0 Å². The van der Waals surface area contributed by atoms with E-state index in [0.29, 0.717) is 0 Å². The van der Waals surface area contributed by atoms with Crippen molar-refractivity contribution in [1.29, 1.82) is 0 Å². The summed E-state index contributed by atoms with van der Waals surface area (Å²) in [5, 5.41) is 0. The molecule has 0 aromatic carbocycles. The molecule has 0 fully saturated rings.